The molecule has 1 aromatic heterocycles. The molecule has 0 aliphatic carbocycles. The van der Waals surface area contributed by atoms with Gasteiger partial charge < -0.3 is 9.64 Å². The molecular formula is C25H27N3O5. The number of ether oxygens (including phenoxy) is 1. The normalized spacial score (nSPS) is 22.7. The van der Waals surface area contributed by atoms with Gasteiger partial charge in [0.2, 0.25) is 17.7 Å². The Bertz CT molecular complexity index is 1090. The highest BCUT2D eigenvalue weighted by Crippen LogP contribution is 2.42. The van der Waals surface area contributed by atoms with Crippen molar-refractivity contribution < 1.29 is 23.9 Å². The second-order valence-electron chi connectivity index (χ2n) is 8.66. The van der Waals surface area contributed by atoms with Crippen molar-refractivity contribution in [3.63, 3.8) is 0 Å². The highest BCUT2D eigenvalue weighted by atomic mass is 16.5. The third-order valence-corrected chi connectivity index (χ3v) is 6.66. The van der Waals surface area contributed by atoms with E-state index in [0.717, 1.165) is 11.1 Å². The van der Waals surface area contributed by atoms with Gasteiger partial charge in [0.15, 0.2) is 0 Å². The van der Waals surface area contributed by atoms with Crippen LogP contribution in [0.15, 0.2) is 48.8 Å². The van der Waals surface area contributed by atoms with Crippen LogP contribution in [0.4, 0.5) is 0 Å². The van der Waals surface area contributed by atoms with E-state index < -0.39 is 17.4 Å². The van der Waals surface area contributed by atoms with Crippen molar-refractivity contribution >= 4 is 23.7 Å². The van der Waals surface area contributed by atoms with E-state index in [1.165, 1.54) is 16.9 Å². The van der Waals surface area contributed by atoms with Gasteiger partial charge in [-0.1, -0.05) is 24.3 Å². The van der Waals surface area contributed by atoms with Crippen LogP contribution in [0.3, 0.4) is 0 Å². The number of likely N-dealkylation sites (tertiary alicyclic amines) is 2. The van der Waals surface area contributed by atoms with E-state index in [2.05, 4.69) is 4.98 Å². The molecular weight excluding hydrogens is 422 g/mol. The van der Waals surface area contributed by atoms with Gasteiger partial charge in [0.1, 0.15) is 6.04 Å². The lowest BCUT2D eigenvalue weighted by molar-refractivity contribution is -0.151. The van der Waals surface area contributed by atoms with Crippen LogP contribution in [-0.2, 0) is 35.9 Å². The number of rotatable bonds is 6. The van der Waals surface area contributed by atoms with Crippen molar-refractivity contribution in [3.05, 3.63) is 65.5 Å². The van der Waals surface area contributed by atoms with Crippen molar-refractivity contribution in [3.8, 4) is 0 Å². The molecule has 0 unspecified atom stereocenters. The quantitative estimate of drug-likeness (QED) is 0.495. The summed E-state index contributed by atoms with van der Waals surface area (Å²) in [4.78, 5) is 59.3. The summed E-state index contributed by atoms with van der Waals surface area (Å²) in [6, 6.07) is 10.2. The maximum Gasteiger partial charge on any atom is 0.328 e. The molecule has 0 N–H and O–H groups in total. The van der Waals surface area contributed by atoms with Gasteiger partial charge in [0.25, 0.3) is 0 Å². The van der Waals surface area contributed by atoms with Crippen LogP contribution in [0, 0.1) is 6.92 Å². The predicted octanol–water partition coefficient (Wildman–Crippen LogP) is 2.14. The van der Waals surface area contributed by atoms with Crippen molar-refractivity contribution in [1.82, 2.24) is 14.8 Å². The second-order valence-corrected chi connectivity index (χ2v) is 8.66. The first-order valence-corrected chi connectivity index (χ1v) is 11.0. The Morgan fingerprint density at radius 1 is 1.15 bits per heavy atom. The van der Waals surface area contributed by atoms with Gasteiger partial charge in [-0.25, -0.2) is 4.79 Å². The fraction of sp³-hybridized carbons (Fsp3) is 0.400. The minimum absolute atomic E-state index is 0.0930. The number of carbonyl (C=O) groups is 4. The zero-order valence-electron chi connectivity index (χ0n) is 18.8. The van der Waals surface area contributed by atoms with Gasteiger partial charge in [-0.2, -0.15) is 0 Å². The minimum Gasteiger partial charge on any atom is -0.467 e. The molecule has 2 saturated heterocycles. The number of hydrogen-bond donors (Lipinski definition) is 0. The Balaban J connectivity index is 1.69. The van der Waals surface area contributed by atoms with E-state index in [1.54, 1.807) is 24.5 Å². The molecule has 1 aromatic carbocycles. The van der Waals surface area contributed by atoms with Crippen LogP contribution in [0.2, 0.25) is 0 Å². The Kier molecular flexibility index (Phi) is 6.26. The van der Waals surface area contributed by atoms with E-state index in [0.29, 0.717) is 24.9 Å². The van der Waals surface area contributed by atoms with Crippen molar-refractivity contribution in [2.24, 2.45) is 0 Å². The lowest BCUT2D eigenvalue weighted by atomic mass is 9.74. The molecule has 172 valence electrons. The lowest BCUT2D eigenvalue weighted by Crippen LogP contribution is -2.46. The molecule has 0 saturated carbocycles. The summed E-state index contributed by atoms with van der Waals surface area (Å²) in [5, 5.41) is 0. The number of amides is 3. The van der Waals surface area contributed by atoms with E-state index >= 15 is 0 Å². The van der Waals surface area contributed by atoms with Crippen molar-refractivity contribution in [1.29, 1.82) is 0 Å². The first-order chi connectivity index (χ1) is 15.9. The number of aromatic nitrogens is 1. The number of carbonyl (C=O) groups excluding carboxylic acids is 4. The Hall–Kier alpha value is -3.55. The Morgan fingerprint density at radius 2 is 1.88 bits per heavy atom. The molecule has 2 atom stereocenters. The van der Waals surface area contributed by atoms with Crippen LogP contribution in [0.5, 0.6) is 0 Å². The molecule has 0 bridgehead atoms. The summed E-state index contributed by atoms with van der Waals surface area (Å²) in [7, 11) is 1.30. The van der Waals surface area contributed by atoms with E-state index in [1.807, 2.05) is 31.2 Å². The molecule has 2 fully saturated rings. The summed E-state index contributed by atoms with van der Waals surface area (Å²) >= 11 is 0. The molecule has 3 heterocycles. The zero-order chi connectivity index (χ0) is 23.6. The lowest BCUT2D eigenvalue weighted by Gasteiger charge is -2.31. The summed E-state index contributed by atoms with van der Waals surface area (Å²) in [5.74, 6) is -1.49. The van der Waals surface area contributed by atoms with E-state index in [-0.39, 0.29) is 37.1 Å². The number of imide groups is 1. The molecule has 33 heavy (non-hydrogen) atoms. The average molecular weight is 450 g/mol. The number of methoxy groups -OCH3 is 1. The summed E-state index contributed by atoms with van der Waals surface area (Å²) in [5.41, 5.74) is 0.977. The second kappa shape index (κ2) is 9.13. The van der Waals surface area contributed by atoms with Gasteiger partial charge in [0, 0.05) is 31.8 Å². The Labute approximate surface area is 192 Å². The fourth-order valence-electron chi connectivity index (χ4n) is 4.99. The van der Waals surface area contributed by atoms with E-state index in [9.17, 15) is 19.2 Å². The van der Waals surface area contributed by atoms with Crippen molar-refractivity contribution in [2.45, 2.75) is 50.6 Å². The highest BCUT2D eigenvalue weighted by molar-refractivity contribution is 6.11. The van der Waals surface area contributed by atoms with Crippen LogP contribution in [0.1, 0.15) is 42.4 Å². The summed E-state index contributed by atoms with van der Waals surface area (Å²) < 4.78 is 4.87. The number of pyridine rings is 1. The molecule has 2 aromatic rings. The van der Waals surface area contributed by atoms with Crippen LogP contribution >= 0.6 is 0 Å². The van der Waals surface area contributed by atoms with Gasteiger partial charge in [-0.05, 0) is 48.6 Å². The fourth-order valence-corrected chi connectivity index (χ4v) is 4.99. The standard InChI is InChI=1S/C25H27N3O5/c1-17-6-3-4-7-19(17)25(14-21(29)27-13-5-8-20(27)23(31)33-2)15-22(30)28(24(25)32)16-18-9-11-26-12-10-18/h3-4,6-7,9-12,20H,5,8,13-16H2,1-2H3/t20-,25-/m0/s1. The molecule has 0 spiro atoms. The van der Waals surface area contributed by atoms with Crippen LogP contribution < -0.4 is 0 Å². The van der Waals surface area contributed by atoms with Gasteiger partial charge in [-0.3, -0.25) is 24.3 Å². The maximum atomic E-state index is 13.8. The topological polar surface area (TPSA) is 96.9 Å². The first kappa shape index (κ1) is 22.6. The van der Waals surface area contributed by atoms with Gasteiger partial charge in [0.05, 0.1) is 19.1 Å². The first-order valence-electron chi connectivity index (χ1n) is 11.0. The third-order valence-electron chi connectivity index (χ3n) is 6.66. The monoisotopic (exact) mass is 449 g/mol. The molecule has 2 aliphatic heterocycles. The number of esters is 1. The molecule has 3 amide bonds. The minimum atomic E-state index is -1.31. The Morgan fingerprint density at radius 3 is 2.58 bits per heavy atom. The van der Waals surface area contributed by atoms with Gasteiger partial charge in [-0.15, -0.1) is 0 Å². The number of benzene rings is 1. The number of aryl methyl sites for hydroxylation is 1. The van der Waals surface area contributed by atoms with Gasteiger partial charge >= 0.3 is 5.97 Å². The smallest absolute Gasteiger partial charge is 0.328 e. The van der Waals surface area contributed by atoms with Crippen LogP contribution in [0.25, 0.3) is 0 Å². The largest absolute Gasteiger partial charge is 0.467 e. The summed E-state index contributed by atoms with van der Waals surface area (Å²) in [6.45, 7) is 2.42. The average Bonchev–Trinajstić information content (AvgIpc) is 3.40. The third kappa shape index (κ3) is 4.13. The summed E-state index contributed by atoms with van der Waals surface area (Å²) in [6.07, 6.45) is 4.16. The zero-order valence-corrected chi connectivity index (χ0v) is 18.8. The SMILES string of the molecule is COC(=O)[C@@H]1CCCN1C(=O)C[C@@]1(c2ccccc2C)CC(=O)N(Cc2ccncc2)C1=O. The molecule has 2 aliphatic rings. The van der Waals surface area contributed by atoms with Crippen molar-refractivity contribution in [2.75, 3.05) is 13.7 Å². The van der Waals surface area contributed by atoms with Crippen LogP contribution in [-0.4, -0.2) is 58.2 Å². The molecule has 8 heteroatoms. The highest BCUT2D eigenvalue weighted by Gasteiger charge is 2.55. The molecule has 4 rings (SSSR count). The molecule has 0 radical (unpaired) electrons. The van der Waals surface area contributed by atoms with E-state index in [4.69, 9.17) is 4.74 Å². The number of hydrogen-bond acceptors (Lipinski definition) is 6. The molecule has 8 nitrogen and oxygen atoms in total. The predicted molar refractivity (Wildman–Crippen MR) is 119 cm³/mol. The maximum absolute atomic E-state index is 13.8. The number of nitrogens with zero attached hydrogens (tertiary/aromatic N) is 3.